The van der Waals surface area contributed by atoms with Crippen LogP contribution in [0.25, 0.3) is 10.2 Å². The number of ether oxygens (including phenoxy) is 1. The van der Waals surface area contributed by atoms with Gasteiger partial charge in [0.15, 0.2) is 0 Å². The molecule has 1 aliphatic rings. The molecule has 4 rings (SSSR count). The number of benzene rings is 1. The van der Waals surface area contributed by atoms with E-state index in [-0.39, 0.29) is 23.4 Å². The minimum atomic E-state index is -0.264. The van der Waals surface area contributed by atoms with E-state index in [2.05, 4.69) is 31.1 Å². The van der Waals surface area contributed by atoms with E-state index in [0.717, 1.165) is 35.4 Å². The summed E-state index contributed by atoms with van der Waals surface area (Å²) in [4.78, 5) is 32.2. The lowest BCUT2D eigenvalue weighted by Gasteiger charge is -2.33. The van der Waals surface area contributed by atoms with Gasteiger partial charge in [0.25, 0.3) is 5.56 Å². The van der Waals surface area contributed by atoms with Crippen LogP contribution in [-0.2, 0) is 24.2 Å². The van der Waals surface area contributed by atoms with Gasteiger partial charge < -0.3 is 10.1 Å². The number of hydrogen-bond acceptors (Lipinski definition) is 5. The minimum absolute atomic E-state index is 0.0664. The zero-order valence-electron chi connectivity index (χ0n) is 17.8. The van der Waals surface area contributed by atoms with Gasteiger partial charge in [-0.3, -0.25) is 14.2 Å². The van der Waals surface area contributed by atoms with Crippen molar-refractivity contribution in [1.29, 1.82) is 0 Å². The largest absolute Gasteiger partial charge is 0.497 e. The van der Waals surface area contributed by atoms with Crippen LogP contribution in [0.4, 0.5) is 5.69 Å². The fourth-order valence-electron chi connectivity index (χ4n) is 4.08. The van der Waals surface area contributed by atoms with Crippen LogP contribution >= 0.6 is 11.3 Å². The molecule has 3 aromatic rings. The molecule has 0 aliphatic heterocycles. The highest BCUT2D eigenvalue weighted by molar-refractivity contribution is 7.18. The summed E-state index contributed by atoms with van der Waals surface area (Å²) in [6, 6.07) is 7.08. The van der Waals surface area contributed by atoms with Gasteiger partial charge in [0.05, 0.1) is 18.8 Å². The Morgan fingerprint density at radius 3 is 2.70 bits per heavy atom. The Balaban J connectivity index is 1.56. The van der Waals surface area contributed by atoms with Crippen molar-refractivity contribution in [2.75, 3.05) is 12.4 Å². The van der Waals surface area contributed by atoms with Gasteiger partial charge in [0, 0.05) is 10.6 Å². The van der Waals surface area contributed by atoms with Gasteiger partial charge in [0.1, 0.15) is 17.1 Å². The zero-order valence-corrected chi connectivity index (χ0v) is 18.6. The Bertz CT molecular complexity index is 1140. The summed E-state index contributed by atoms with van der Waals surface area (Å²) in [5, 5.41) is 3.51. The first-order valence-electron chi connectivity index (χ1n) is 10.2. The quantitative estimate of drug-likeness (QED) is 0.678. The molecular formula is C23H27N3O3S. The normalized spacial score (nSPS) is 16.3. The highest BCUT2D eigenvalue weighted by atomic mass is 32.1. The number of carbonyl (C=O) groups is 1. The number of nitrogens with zero attached hydrogens (tertiary/aromatic N) is 2. The number of carbonyl (C=O) groups excluding carboxylic acids is 1. The molecule has 1 amide bonds. The molecule has 0 saturated heterocycles. The maximum Gasteiger partial charge on any atom is 0.262 e. The number of rotatable bonds is 4. The molecule has 1 N–H and O–H groups in total. The second-order valence-electron chi connectivity index (χ2n) is 8.94. The van der Waals surface area contributed by atoms with Gasteiger partial charge in [-0.2, -0.15) is 0 Å². The average molecular weight is 426 g/mol. The summed E-state index contributed by atoms with van der Waals surface area (Å²) in [5.41, 5.74) is 1.92. The van der Waals surface area contributed by atoms with Crippen molar-refractivity contribution in [3.05, 3.63) is 51.4 Å². The molecule has 2 aromatic heterocycles. The molecule has 0 spiro atoms. The topological polar surface area (TPSA) is 73.2 Å². The molecule has 0 saturated carbocycles. The first-order chi connectivity index (χ1) is 14.3. The Hall–Kier alpha value is -2.67. The summed E-state index contributed by atoms with van der Waals surface area (Å²) < 4.78 is 6.53. The third kappa shape index (κ3) is 3.99. The van der Waals surface area contributed by atoms with Crippen LogP contribution in [0.15, 0.2) is 35.4 Å². The summed E-state index contributed by atoms with van der Waals surface area (Å²) in [6.07, 6.45) is 4.46. The second-order valence-corrected chi connectivity index (χ2v) is 10.0. The van der Waals surface area contributed by atoms with E-state index >= 15 is 0 Å². The summed E-state index contributed by atoms with van der Waals surface area (Å²) in [5.74, 6) is 1.06. The smallest absolute Gasteiger partial charge is 0.262 e. The van der Waals surface area contributed by atoms with Gasteiger partial charge in [-0.1, -0.05) is 20.8 Å². The molecule has 0 radical (unpaired) electrons. The number of anilines is 1. The summed E-state index contributed by atoms with van der Waals surface area (Å²) >= 11 is 1.63. The SMILES string of the molecule is COc1ccc(NC(=O)Cn2cnc3sc4c(c3c2=O)CC[C@@H](C(C)(C)C)C4)cc1. The number of aromatic nitrogens is 2. The third-order valence-corrected chi connectivity index (χ3v) is 7.11. The Kier molecular flexibility index (Phi) is 5.40. The van der Waals surface area contributed by atoms with Crippen molar-refractivity contribution in [2.24, 2.45) is 11.3 Å². The van der Waals surface area contributed by atoms with Crippen LogP contribution in [0.3, 0.4) is 0 Å². The van der Waals surface area contributed by atoms with Gasteiger partial charge in [0.2, 0.25) is 5.91 Å². The Morgan fingerprint density at radius 1 is 1.30 bits per heavy atom. The summed E-state index contributed by atoms with van der Waals surface area (Å²) in [6.45, 7) is 6.77. The number of nitrogens with one attached hydrogen (secondary N) is 1. The van der Waals surface area contributed by atoms with Crippen molar-refractivity contribution in [3.63, 3.8) is 0 Å². The number of amides is 1. The fraction of sp³-hybridized carbons (Fsp3) is 0.435. The van der Waals surface area contributed by atoms with Gasteiger partial charge in [-0.25, -0.2) is 4.98 Å². The fourth-order valence-corrected chi connectivity index (χ4v) is 5.34. The van der Waals surface area contributed by atoms with Crippen LogP contribution in [0.5, 0.6) is 5.75 Å². The maximum atomic E-state index is 13.1. The second kappa shape index (κ2) is 7.87. The first kappa shape index (κ1) is 20.6. The predicted molar refractivity (Wildman–Crippen MR) is 120 cm³/mol. The van der Waals surface area contributed by atoms with E-state index in [1.807, 2.05) is 0 Å². The molecule has 1 aliphatic carbocycles. The van der Waals surface area contributed by atoms with E-state index < -0.39 is 0 Å². The van der Waals surface area contributed by atoms with E-state index in [1.54, 1.807) is 42.7 Å². The van der Waals surface area contributed by atoms with Gasteiger partial charge >= 0.3 is 0 Å². The number of fused-ring (bicyclic) bond motifs is 3. The zero-order chi connectivity index (χ0) is 21.5. The van der Waals surface area contributed by atoms with Gasteiger partial charge in [-0.15, -0.1) is 11.3 Å². The molecule has 6 nitrogen and oxygen atoms in total. The van der Waals surface area contributed by atoms with Crippen LogP contribution in [0.2, 0.25) is 0 Å². The molecule has 1 atom stereocenters. The minimum Gasteiger partial charge on any atom is -0.497 e. The molecule has 0 unspecified atom stereocenters. The van der Waals surface area contributed by atoms with Crippen molar-refractivity contribution in [1.82, 2.24) is 9.55 Å². The van der Waals surface area contributed by atoms with Crippen LogP contribution < -0.4 is 15.6 Å². The predicted octanol–water partition coefficient (Wildman–Crippen LogP) is 4.26. The van der Waals surface area contributed by atoms with Gasteiger partial charge in [-0.05, 0) is 60.4 Å². The standard InChI is InChI=1S/C23H27N3O3S/c1-23(2,3)14-5-10-17-18(11-14)30-21-20(17)22(28)26(13-24-21)12-19(27)25-15-6-8-16(29-4)9-7-15/h6-9,13-14H,5,10-12H2,1-4H3,(H,25,27)/t14-/m1/s1. The monoisotopic (exact) mass is 425 g/mol. The van der Waals surface area contributed by atoms with Crippen molar-refractivity contribution in [3.8, 4) is 5.75 Å². The van der Waals surface area contributed by atoms with E-state index in [1.165, 1.54) is 15.8 Å². The molecule has 2 heterocycles. The highest BCUT2D eigenvalue weighted by Crippen LogP contribution is 2.41. The molecule has 7 heteroatoms. The number of aryl methyl sites for hydroxylation is 1. The number of thiophene rings is 1. The first-order valence-corrected chi connectivity index (χ1v) is 11.0. The van der Waals surface area contributed by atoms with E-state index in [0.29, 0.717) is 17.0 Å². The molecule has 30 heavy (non-hydrogen) atoms. The third-order valence-electron chi connectivity index (χ3n) is 5.95. The van der Waals surface area contributed by atoms with Crippen molar-refractivity contribution in [2.45, 2.75) is 46.6 Å². The molecular weight excluding hydrogens is 398 g/mol. The number of methoxy groups -OCH3 is 1. The van der Waals surface area contributed by atoms with E-state index in [9.17, 15) is 9.59 Å². The molecule has 158 valence electrons. The molecule has 0 fully saturated rings. The van der Waals surface area contributed by atoms with Crippen LogP contribution in [-0.4, -0.2) is 22.6 Å². The highest BCUT2D eigenvalue weighted by Gasteiger charge is 2.31. The lowest BCUT2D eigenvalue weighted by molar-refractivity contribution is -0.116. The van der Waals surface area contributed by atoms with Crippen molar-refractivity contribution >= 4 is 33.1 Å². The molecule has 1 aromatic carbocycles. The number of hydrogen-bond donors (Lipinski definition) is 1. The lowest BCUT2D eigenvalue weighted by Crippen LogP contribution is -2.29. The lowest BCUT2D eigenvalue weighted by atomic mass is 9.72. The maximum absolute atomic E-state index is 13.1. The van der Waals surface area contributed by atoms with Crippen molar-refractivity contribution < 1.29 is 9.53 Å². The Morgan fingerprint density at radius 2 is 2.03 bits per heavy atom. The summed E-state index contributed by atoms with van der Waals surface area (Å²) in [7, 11) is 1.59. The van der Waals surface area contributed by atoms with Crippen LogP contribution in [0, 0.1) is 11.3 Å². The Labute approximate surface area is 179 Å². The average Bonchev–Trinajstić information content (AvgIpc) is 3.08. The van der Waals surface area contributed by atoms with E-state index in [4.69, 9.17) is 4.74 Å². The van der Waals surface area contributed by atoms with Crippen LogP contribution in [0.1, 0.15) is 37.6 Å². The molecule has 0 bridgehead atoms.